The smallest absolute Gasteiger partial charge is 0.328 e. The number of thiol groups is 1. The maximum absolute atomic E-state index is 13.0. The van der Waals surface area contributed by atoms with Crippen molar-refractivity contribution in [1.82, 2.24) is 16.0 Å². The molecule has 0 aromatic heterocycles. The van der Waals surface area contributed by atoms with Gasteiger partial charge in [0.1, 0.15) is 12.1 Å². The number of nitrogens with one attached hydrogen (secondary N) is 3. The number of amides is 3. The standard InChI is InChI=1S/C21H30N4O8S/c1-11(26)17(21(32)33)25-19(30)14(7-8-16(27)28)23-20(31)15(24-18(29)13(22)10-34)9-12-5-3-2-4-6-12/h2-6,11,13-15,17,26,34H,7-10,22H2,1H3,(H,23,31)(H,24,29)(H,25,30)(H,27,28)(H,32,33). The molecule has 1 rings (SSSR count). The lowest BCUT2D eigenvalue weighted by molar-refractivity contribution is -0.145. The van der Waals surface area contributed by atoms with Crippen molar-refractivity contribution in [2.45, 2.75) is 56.5 Å². The summed E-state index contributed by atoms with van der Waals surface area (Å²) < 4.78 is 0. The minimum absolute atomic E-state index is 0.0189. The number of aliphatic hydroxyl groups is 1. The Hall–Kier alpha value is -3.16. The molecule has 0 heterocycles. The first-order valence-electron chi connectivity index (χ1n) is 10.4. The Labute approximate surface area is 201 Å². The number of carboxylic acid groups (broad SMARTS) is 2. The monoisotopic (exact) mass is 498 g/mol. The maximum Gasteiger partial charge on any atom is 0.328 e. The van der Waals surface area contributed by atoms with E-state index in [0.717, 1.165) is 6.92 Å². The summed E-state index contributed by atoms with van der Waals surface area (Å²) in [6.45, 7) is 1.15. The van der Waals surface area contributed by atoms with E-state index in [1.54, 1.807) is 30.3 Å². The fraction of sp³-hybridized carbons (Fsp3) is 0.476. The van der Waals surface area contributed by atoms with Gasteiger partial charge in [-0.25, -0.2) is 4.79 Å². The molecule has 5 atom stereocenters. The van der Waals surface area contributed by atoms with E-state index in [1.807, 2.05) is 0 Å². The van der Waals surface area contributed by atoms with Gasteiger partial charge in [-0.15, -0.1) is 0 Å². The van der Waals surface area contributed by atoms with Gasteiger partial charge in [-0.3, -0.25) is 19.2 Å². The summed E-state index contributed by atoms with van der Waals surface area (Å²) in [5.74, 6) is -5.20. The molecule has 0 radical (unpaired) electrons. The Bertz CT molecular complexity index is 868. The minimum atomic E-state index is -1.68. The molecule has 12 nitrogen and oxygen atoms in total. The van der Waals surface area contributed by atoms with Crippen molar-refractivity contribution >= 4 is 42.3 Å². The Morgan fingerprint density at radius 1 is 0.941 bits per heavy atom. The van der Waals surface area contributed by atoms with E-state index in [-0.39, 0.29) is 18.6 Å². The zero-order chi connectivity index (χ0) is 25.8. The van der Waals surface area contributed by atoms with Crippen LogP contribution in [0.3, 0.4) is 0 Å². The second-order valence-corrected chi connectivity index (χ2v) is 7.96. The van der Waals surface area contributed by atoms with Crippen LogP contribution in [0.1, 0.15) is 25.3 Å². The molecule has 8 N–H and O–H groups in total. The Morgan fingerprint density at radius 2 is 1.50 bits per heavy atom. The molecule has 0 aliphatic carbocycles. The highest BCUT2D eigenvalue weighted by atomic mass is 32.1. The highest BCUT2D eigenvalue weighted by molar-refractivity contribution is 7.80. The predicted octanol–water partition coefficient (Wildman–Crippen LogP) is -1.73. The van der Waals surface area contributed by atoms with Gasteiger partial charge >= 0.3 is 11.9 Å². The molecule has 0 saturated heterocycles. The van der Waals surface area contributed by atoms with Gasteiger partial charge in [-0.2, -0.15) is 12.6 Å². The minimum Gasteiger partial charge on any atom is -0.481 e. The molecule has 188 valence electrons. The van der Waals surface area contributed by atoms with E-state index in [1.165, 1.54) is 0 Å². The molecule has 0 bridgehead atoms. The van der Waals surface area contributed by atoms with Gasteiger partial charge in [0.15, 0.2) is 6.04 Å². The third-order valence-corrected chi connectivity index (χ3v) is 5.17. The zero-order valence-corrected chi connectivity index (χ0v) is 19.4. The molecule has 1 aromatic carbocycles. The van der Waals surface area contributed by atoms with Gasteiger partial charge in [0.25, 0.3) is 0 Å². The van der Waals surface area contributed by atoms with Gasteiger partial charge in [0.05, 0.1) is 12.1 Å². The highest BCUT2D eigenvalue weighted by Crippen LogP contribution is 2.07. The van der Waals surface area contributed by atoms with E-state index in [9.17, 15) is 34.2 Å². The fourth-order valence-corrected chi connectivity index (χ4v) is 3.04. The number of rotatable bonds is 14. The van der Waals surface area contributed by atoms with E-state index < -0.39 is 66.4 Å². The topological polar surface area (TPSA) is 208 Å². The summed E-state index contributed by atoms with van der Waals surface area (Å²) >= 11 is 3.96. The molecule has 0 fully saturated rings. The number of benzene rings is 1. The van der Waals surface area contributed by atoms with Crippen molar-refractivity contribution in [3.8, 4) is 0 Å². The van der Waals surface area contributed by atoms with Crippen LogP contribution in [0.5, 0.6) is 0 Å². The lowest BCUT2D eigenvalue weighted by atomic mass is 10.0. The molecule has 0 saturated carbocycles. The number of carboxylic acids is 2. The van der Waals surface area contributed by atoms with Crippen molar-refractivity contribution in [2.75, 3.05) is 5.75 Å². The normalized spacial score (nSPS) is 15.2. The van der Waals surface area contributed by atoms with Gasteiger partial charge in [0.2, 0.25) is 17.7 Å². The summed E-state index contributed by atoms with van der Waals surface area (Å²) in [5, 5.41) is 34.7. The summed E-state index contributed by atoms with van der Waals surface area (Å²) in [6, 6.07) is 3.38. The Kier molecular flexibility index (Phi) is 12.0. The molecule has 1 aromatic rings. The third-order valence-electron chi connectivity index (χ3n) is 4.78. The predicted molar refractivity (Wildman–Crippen MR) is 124 cm³/mol. The van der Waals surface area contributed by atoms with Gasteiger partial charge in [-0.1, -0.05) is 30.3 Å². The van der Waals surface area contributed by atoms with Gasteiger partial charge in [0, 0.05) is 18.6 Å². The van der Waals surface area contributed by atoms with Crippen molar-refractivity contribution in [1.29, 1.82) is 0 Å². The number of carbonyl (C=O) groups is 5. The fourth-order valence-electron chi connectivity index (χ4n) is 2.87. The quantitative estimate of drug-likeness (QED) is 0.137. The largest absolute Gasteiger partial charge is 0.481 e. The van der Waals surface area contributed by atoms with Crippen LogP contribution < -0.4 is 21.7 Å². The van der Waals surface area contributed by atoms with Crippen LogP contribution in [0, 0.1) is 0 Å². The van der Waals surface area contributed by atoms with Crippen LogP contribution in [-0.2, 0) is 30.4 Å². The number of hydrogen-bond acceptors (Lipinski definition) is 8. The first-order chi connectivity index (χ1) is 16.0. The molecule has 3 amide bonds. The third kappa shape index (κ3) is 9.77. The number of aliphatic hydroxyl groups excluding tert-OH is 1. The average Bonchev–Trinajstić information content (AvgIpc) is 2.78. The molecular weight excluding hydrogens is 468 g/mol. The van der Waals surface area contributed by atoms with Crippen LogP contribution in [0.15, 0.2) is 30.3 Å². The molecule has 13 heteroatoms. The lowest BCUT2D eigenvalue weighted by Crippen LogP contribution is -2.58. The van der Waals surface area contributed by atoms with E-state index in [2.05, 4.69) is 28.6 Å². The maximum atomic E-state index is 13.0. The molecule has 0 aliphatic heterocycles. The number of carbonyl (C=O) groups excluding carboxylic acids is 3. The van der Waals surface area contributed by atoms with Crippen LogP contribution in [0.25, 0.3) is 0 Å². The van der Waals surface area contributed by atoms with Crippen molar-refractivity contribution in [2.24, 2.45) is 5.73 Å². The van der Waals surface area contributed by atoms with Crippen molar-refractivity contribution < 1.29 is 39.3 Å². The van der Waals surface area contributed by atoms with Crippen LogP contribution in [-0.4, -0.2) is 81.0 Å². The Balaban J connectivity index is 3.11. The van der Waals surface area contributed by atoms with Crippen LogP contribution in [0.4, 0.5) is 0 Å². The molecule has 0 spiro atoms. The SMILES string of the molecule is CC(O)C(NC(=O)C(CCC(=O)O)NC(=O)C(Cc1ccccc1)NC(=O)C(N)CS)C(=O)O. The molecule has 5 unspecified atom stereocenters. The number of aliphatic carboxylic acids is 2. The summed E-state index contributed by atoms with van der Waals surface area (Å²) in [5.41, 5.74) is 6.36. The van der Waals surface area contributed by atoms with Crippen LogP contribution >= 0.6 is 12.6 Å². The van der Waals surface area contributed by atoms with Crippen molar-refractivity contribution in [3.63, 3.8) is 0 Å². The van der Waals surface area contributed by atoms with E-state index >= 15 is 0 Å². The lowest BCUT2D eigenvalue weighted by Gasteiger charge is -2.25. The Morgan fingerprint density at radius 3 is 2.00 bits per heavy atom. The zero-order valence-electron chi connectivity index (χ0n) is 18.5. The summed E-state index contributed by atoms with van der Waals surface area (Å²) in [4.78, 5) is 60.3. The van der Waals surface area contributed by atoms with Gasteiger partial charge in [-0.05, 0) is 18.9 Å². The second-order valence-electron chi connectivity index (χ2n) is 7.60. The van der Waals surface area contributed by atoms with Crippen molar-refractivity contribution in [3.05, 3.63) is 35.9 Å². The van der Waals surface area contributed by atoms with E-state index in [4.69, 9.17) is 10.8 Å². The van der Waals surface area contributed by atoms with E-state index in [0.29, 0.717) is 5.56 Å². The first kappa shape index (κ1) is 28.9. The molecular formula is C21H30N4O8S. The molecule has 0 aliphatic rings. The number of nitrogens with two attached hydrogens (primary N) is 1. The summed E-state index contributed by atoms with van der Waals surface area (Å²) in [7, 11) is 0. The second kappa shape index (κ2) is 14.2. The van der Waals surface area contributed by atoms with Crippen LogP contribution in [0.2, 0.25) is 0 Å². The first-order valence-corrected chi connectivity index (χ1v) is 11.0. The highest BCUT2D eigenvalue weighted by Gasteiger charge is 2.32. The summed E-state index contributed by atoms with van der Waals surface area (Å²) in [6.07, 6.45) is -2.28. The molecule has 34 heavy (non-hydrogen) atoms. The average molecular weight is 499 g/mol. The van der Waals surface area contributed by atoms with Gasteiger partial charge < -0.3 is 37.0 Å². The number of hydrogen-bond donors (Lipinski definition) is 8.